The largest absolute Gasteiger partial charge is 0.352 e. The average Bonchev–Trinajstić information content (AvgIpc) is 2.70. The van der Waals surface area contributed by atoms with Crippen molar-refractivity contribution in [3.05, 3.63) is 0 Å². The van der Waals surface area contributed by atoms with Crippen LogP contribution in [0.25, 0.3) is 0 Å². The quantitative estimate of drug-likeness (QED) is 0.672. The lowest BCUT2D eigenvalue weighted by molar-refractivity contribution is -0.192. The zero-order chi connectivity index (χ0) is 10.8. The molecule has 0 spiro atoms. The third kappa shape index (κ3) is 1.76. The summed E-state index contributed by atoms with van der Waals surface area (Å²) in [5.41, 5.74) is 4.07. The minimum Gasteiger partial charge on any atom is -0.352 e. The first-order valence-corrected chi connectivity index (χ1v) is 4.85. The van der Waals surface area contributed by atoms with E-state index in [2.05, 4.69) is 0 Å². The maximum Gasteiger partial charge on any atom is 0.260 e. The lowest BCUT2D eigenvalue weighted by atomic mass is 10.1. The third-order valence-electron chi connectivity index (χ3n) is 2.59. The van der Waals surface area contributed by atoms with Crippen molar-refractivity contribution in [2.24, 2.45) is 11.1 Å². The molecular weight excluding hydrogens is 192 g/mol. The SMILES string of the molecule is CCOC(OCC)C1(CN)CC1(F)F. The van der Waals surface area contributed by atoms with Gasteiger partial charge in [-0.3, -0.25) is 0 Å². The molecule has 84 valence electrons. The first kappa shape index (κ1) is 11.8. The highest BCUT2D eigenvalue weighted by Gasteiger charge is 2.75. The van der Waals surface area contributed by atoms with E-state index >= 15 is 0 Å². The molecule has 1 unspecified atom stereocenters. The zero-order valence-corrected chi connectivity index (χ0v) is 8.56. The van der Waals surface area contributed by atoms with Crippen molar-refractivity contribution in [1.29, 1.82) is 0 Å². The Morgan fingerprint density at radius 1 is 1.29 bits per heavy atom. The van der Waals surface area contributed by atoms with Crippen LogP contribution in [0.4, 0.5) is 8.78 Å². The Labute approximate surface area is 82.6 Å². The maximum atomic E-state index is 13.1. The minimum atomic E-state index is -2.74. The van der Waals surface area contributed by atoms with Gasteiger partial charge in [-0.2, -0.15) is 0 Å². The van der Waals surface area contributed by atoms with E-state index in [0.29, 0.717) is 13.2 Å². The second-order valence-electron chi connectivity index (χ2n) is 3.48. The van der Waals surface area contributed by atoms with Gasteiger partial charge >= 0.3 is 0 Å². The van der Waals surface area contributed by atoms with Crippen LogP contribution >= 0.6 is 0 Å². The topological polar surface area (TPSA) is 44.5 Å². The fourth-order valence-corrected chi connectivity index (χ4v) is 1.60. The summed E-state index contributed by atoms with van der Waals surface area (Å²) in [5, 5.41) is 0. The first-order chi connectivity index (χ1) is 6.54. The molecule has 0 heterocycles. The molecule has 1 aliphatic carbocycles. The molecule has 1 aliphatic rings. The highest BCUT2D eigenvalue weighted by atomic mass is 19.3. The highest BCUT2D eigenvalue weighted by molar-refractivity contribution is 5.13. The summed E-state index contributed by atoms with van der Waals surface area (Å²) in [7, 11) is 0. The zero-order valence-electron chi connectivity index (χ0n) is 8.56. The summed E-state index contributed by atoms with van der Waals surface area (Å²) < 4.78 is 36.5. The van der Waals surface area contributed by atoms with Crippen LogP contribution in [0.5, 0.6) is 0 Å². The van der Waals surface area contributed by atoms with Gasteiger partial charge in [0.15, 0.2) is 6.29 Å². The molecule has 0 aromatic rings. The van der Waals surface area contributed by atoms with E-state index in [1.165, 1.54) is 0 Å². The van der Waals surface area contributed by atoms with Crippen LogP contribution in [0.2, 0.25) is 0 Å². The highest BCUT2D eigenvalue weighted by Crippen LogP contribution is 2.62. The second-order valence-corrected chi connectivity index (χ2v) is 3.48. The molecular formula is C9H17F2NO2. The molecule has 1 atom stereocenters. The lowest BCUT2D eigenvalue weighted by Crippen LogP contribution is -2.38. The molecule has 5 heteroatoms. The Hall–Kier alpha value is -0.260. The average molecular weight is 209 g/mol. The van der Waals surface area contributed by atoms with Gasteiger partial charge in [0, 0.05) is 26.2 Å². The number of hydrogen-bond acceptors (Lipinski definition) is 3. The number of rotatable bonds is 6. The third-order valence-corrected chi connectivity index (χ3v) is 2.59. The van der Waals surface area contributed by atoms with E-state index < -0.39 is 17.6 Å². The molecule has 0 radical (unpaired) electrons. The van der Waals surface area contributed by atoms with Crippen molar-refractivity contribution < 1.29 is 18.3 Å². The van der Waals surface area contributed by atoms with Crippen molar-refractivity contribution >= 4 is 0 Å². The fraction of sp³-hybridized carbons (Fsp3) is 1.00. The molecule has 14 heavy (non-hydrogen) atoms. The number of nitrogens with two attached hydrogens (primary N) is 1. The van der Waals surface area contributed by atoms with E-state index in [1.54, 1.807) is 13.8 Å². The molecule has 0 aromatic heterocycles. The maximum absolute atomic E-state index is 13.1. The van der Waals surface area contributed by atoms with Gasteiger partial charge in [-0.15, -0.1) is 0 Å². The van der Waals surface area contributed by atoms with Gasteiger partial charge in [-0.05, 0) is 13.8 Å². The summed E-state index contributed by atoms with van der Waals surface area (Å²) in [6.07, 6.45) is -1.11. The van der Waals surface area contributed by atoms with Crippen LogP contribution in [0.15, 0.2) is 0 Å². The van der Waals surface area contributed by atoms with Crippen LogP contribution < -0.4 is 5.73 Å². The van der Waals surface area contributed by atoms with Crippen molar-refractivity contribution in [3.8, 4) is 0 Å². The summed E-state index contributed by atoms with van der Waals surface area (Å²) >= 11 is 0. The molecule has 1 saturated carbocycles. The molecule has 1 rings (SSSR count). The summed E-state index contributed by atoms with van der Waals surface area (Å²) in [5.74, 6) is -2.74. The second kappa shape index (κ2) is 4.08. The fourth-order valence-electron chi connectivity index (χ4n) is 1.60. The van der Waals surface area contributed by atoms with E-state index in [0.717, 1.165) is 0 Å². The molecule has 0 amide bonds. The Kier molecular flexibility index (Phi) is 3.44. The number of alkyl halides is 2. The molecule has 3 nitrogen and oxygen atoms in total. The number of hydrogen-bond donors (Lipinski definition) is 1. The normalized spacial score (nSPS) is 29.6. The predicted octanol–water partition coefficient (Wildman–Crippen LogP) is 1.37. The van der Waals surface area contributed by atoms with Crippen molar-refractivity contribution in [2.45, 2.75) is 32.5 Å². The van der Waals surface area contributed by atoms with Crippen LogP contribution in [0, 0.1) is 5.41 Å². The van der Waals surface area contributed by atoms with Crippen molar-refractivity contribution in [2.75, 3.05) is 19.8 Å². The van der Waals surface area contributed by atoms with Gasteiger partial charge in [0.2, 0.25) is 0 Å². The van der Waals surface area contributed by atoms with Crippen LogP contribution in [-0.4, -0.2) is 32.0 Å². The number of halogens is 2. The predicted molar refractivity (Wildman–Crippen MR) is 48.1 cm³/mol. The minimum absolute atomic E-state index is 0.106. The molecule has 1 fully saturated rings. The Morgan fingerprint density at radius 3 is 1.93 bits per heavy atom. The first-order valence-electron chi connectivity index (χ1n) is 4.85. The van der Waals surface area contributed by atoms with Gasteiger partial charge in [0.25, 0.3) is 5.92 Å². The smallest absolute Gasteiger partial charge is 0.260 e. The lowest BCUT2D eigenvalue weighted by Gasteiger charge is -2.25. The van der Waals surface area contributed by atoms with Gasteiger partial charge in [-0.1, -0.05) is 0 Å². The summed E-state index contributed by atoms with van der Waals surface area (Å²) in [6, 6.07) is 0. The Balaban J connectivity index is 2.66. The van der Waals surface area contributed by atoms with Gasteiger partial charge in [-0.25, -0.2) is 8.78 Å². The summed E-state index contributed by atoms with van der Waals surface area (Å²) in [6.45, 7) is 4.09. The van der Waals surface area contributed by atoms with E-state index in [4.69, 9.17) is 15.2 Å². The Morgan fingerprint density at radius 2 is 1.71 bits per heavy atom. The standard InChI is InChI=1S/C9H17F2NO2/c1-3-13-7(14-4-2)8(6-12)5-9(8,10)11/h7H,3-6,12H2,1-2H3. The van der Waals surface area contributed by atoms with Crippen molar-refractivity contribution in [3.63, 3.8) is 0 Å². The van der Waals surface area contributed by atoms with Gasteiger partial charge in [0.1, 0.15) is 5.41 Å². The van der Waals surface area contributed by atoms with E-state index in [9.17, 15) is 8.78 Å². The molecule has 2 N–H and O–H groups in total. The van der Waals surface area contributed by atoms with Gasteiger partial charge in [0.05, 0.1) is 0 Å². The molecule has 0 aliphatic heterocycles. The molecule has 0 bridgehead atoms. The Bertz CT molecular complexity index is 195. The van der Waals surface area contributed by atoms with Crippen LogP contribution in [0.1, 0.15) is 20.3 Å². The van der Waals surface area contributed by atoms with Crippen LogP contribution in [-0.2, 0) is 9.47 Å². The molecule has 0 aromatic carbocycles. The molecule has 0 saturated heterocycles. The van der Waals surface area contributed by atoms with Crippen LogP contribution in [0.3, 0.4) is 0 Å². The van der Waals surface area contributed by atoms with E-state index in [-0.39, 0.29) is 13.0 Å². The van der Waals surface area contributed by atoms with Crippen molar-refractivity contribution in [1.82, 2.24) is 0 Å². The number of ether oxygens (including phenoxy) is 2. The monoisotopic (exact) mass is 209 g/mol. The van der Waals surface area contributed by atoms with Gasteiger partial charge < -0.3 is 15.2 Å². The van der Waals surface area contributed by atoms with E-state index in [1.807, 2.05) is 0 Å². The summed E-state index contributed by atoms with van der Waals surface area (Å²) in [4.78, 5) is 0.